The molecule has 0 unspecified atom stereocenters. The van der Waals surface area contributed by atoms with E-state index >= 15 is 0 Å². The highest BCUT2D eigenvalue weighted by Gasteiger charge is 2.27. The first-order chi connectivity index (χ1) is 10.1. The van der Waals surface area contributed by atoms with Crippen molar-refractivity contribution in [3.05, 3.63) is 24.3 Å². The molecule has 0 aromatic heterocycles. The lowest BCUT2D eigenvalue weighted by atomic mass is 10.1. The lowest BCUT2D eigenvalue weighted by Gasteiger charge is -2.43. The zero-order valence-corrected chi connectivity index (χ0v) is 13.3. The van der Waals surface area contributed by atoms with Crippen molar-refractivity contribution >= 4 is 15.5 Å². The van der Waals surface area contributed by atoms with Crippen molar-refractivity contribution in [2.75, 3.05) is 49.9 Å². The summed E-state index contributed by atoms with van der Waals surface area (Å²) in [6.07, 6.45) is 0. The van der Waals surface area contributed by atoms with Crippen LogP contribution in [0.25, 0.3) is 0 Å². The van der Waals surface area contributed by atoms with Gasteiger partial charge in [0.1, 0.15) is 0 Å². The Kier molecular flexibility index (Phi) is 4.19. The molecule has 0 saturated carbocycles. The first-order valence-electron chi connectivity index (χ1n) is 7.62. The van der Waals surface area contributed by atoms with Gasteiger partial charge in [-0.15, -0.1) is 0 Å². The monoisotopic (exact) mass is 309 g/mol. The number of piperazine rings is 1. The van der Waals surface area contributed by atoms with Crippen molar-refractivity contribution < 1.29 is 8.42 Å². The Morgan fingerprint density at radius 3 is 2.19 bits per heavy atom. The molecule has 0 aliphatic carbocycles. The molecular formula is C15H23N3O2S. The SMILES string of the molecule is CCS(=O)(=O)c1ccc(N2CCN(C3CNC3)CC2)cc1. The summed E-state index contributed by atoms with van der Waals surface area (Å²) in [5.74, 6) is 0.153. The molecule has 2 heterocycles. The summed E-state index contributed by atoms with van der Waals surface area (Å²) in [6.45, 7) is 8.10. The van der Waals surface area contributed by atoms with Crippen LogP contribution in [0.1, 0.15) is 6.92 Å². The fourth-order valence-electron chi connectivity index (χ4n) is 2.91. The molecule has 2 aliphatic heterocycles. The molecule has 0 radical (unpaired) electrons. The molecule has 1 aromatic rings. The van der Waals surface area contributed by atoms with E-state index in [0.29, 0.717) is 10.9 Å². The second-order valence-electron chi connectivity index (χ2n) is 5.73. The van der Waals surface area contributed by atoms with Crippen LogP contribution in [0.3, 0.4) is 0 Å². The normalized spacial score (nSPS) is 21.3. The maximum absolute atomic E-state index is 11.8. The minimum absolute atomic E-state index is 0.153. The second-order valence-corrected chi connectivity index (χ2v) is 8.01. The predicted molar refractivity (Wildman–Crippen MR) is 84.6 cm³/mol. The fraction of sp³-hybridized carbons (Fsp3) is 0.600. The van der Waals surface area contributed by atoms with E-state index in [4.69, 9.17) is 0 Å². The van der Waals surface area contributed by atoms with Crippen LogP contribution in [-0.4, -0.2) is 64.4 Å². The number of hydrogen-bond donors (Lipinski definition) is 1. The largest absolute Gasteiger partial charge is 0.369 e. The molecule has 6 heteroatoms. The zero-order valence-electron chi connectivity index (χ0n) is 12.5. The minimum atomic E-state index is -3.10. The molecular weight excluding hydrogens is 286 g/mol. The quantitative estimate of drug-likeness (QED) is 0.881. The topological polar surface area (TPSA) is 52.7 Å². The van der Waals surface area contributed by atoms with E-state index in [1.807, 2.05) is 12.1 Å². The van der Waals surface area contributed by atoms with Crippen molar-refractivity contribution in [2.24, 2.45) is 0 Å². The minimum Gasteiger partial charge on any atom is -0.369 e. The Morgan fingerprint density at radius 2 is 1.71 bits per heavy atom. The van der Waals surface area contributed by atoms with E-state index in [-0.39, 0.29) is 5.75 Å². The van der Waals surface area contributed by atoms with Gasteiger partial charge in [0.05, 0.1) is 10.6 Å². The molecule has 3 rings (SSSR count). The standard InChI is InChI=1S/C15H23N3O2S/c1-2-21(19,20)15-5-3-13(4-6-15)17-7-9-18(10-8-17)14-11-16-12-14/h3-6,14,16H,2,7-12H2,1H3. The van der Waals surface area contributed by atoms with Gasteiger partial charge in [-0.3, -0.25) is 4.90 Å². The van der Waals surface area contributed by atoms with Crippen LogP contribution in [0.4, 0.5) is 5.69 Å². The highest BCUT2D eigenvalue weighted by molar-refractivity contribution is 7.91. The van der Waals surface area contributed by atoms with Crippen LogP contribution < -0.4 is 10.2 Å². The van der Waals surface area contributed by atoms with E-state index in [0.717, 1.165) is 45.0 Å². The molecule has 0 atom stereocenters. The maximum Gasteiger partial charge on any atom is 0.178 e. The van der Waals surface area contributed by atoms with Gasteiger partial charge < -0.3 is 10.2 Å². The smallest absolute Gasteiger partial charge is 0.178 e. The van der Waals surface area contributed by atoms with Crippen molar-refractivity contribution in [2.45, 2.75) is 17.9 Å². The van der Waals surface area contributed by atoms with Gasteiger partial charge in [0.25, 0.3) is 0 Å². The van der Waals surface area contributed by atoms with Gasteiger partial charge in [-0.05, 0) is 24.3 Å². The Hall–Kier alpha value is -1.11. The first kappa shape index (κ1) is 14.8. The molecule has 21 heavy (non-hydrogen) atoms. The molecule has 0 spiro atoms. The van der Waals surface area contributed by atoms with Gasteiger partial charge >= 0.3 is 0 Å². The third kappa shape index (κ3) is 3.07. The summed E-state index contributed by atoms with van der Waals surface area (Å²) in [5.41, 5.74) is 1.12. The number of hydrogen-bond acceptors (Lipinski definition) is 5. The van der Waals surface area contributed by atoms with Crippen molar-refractivity contribution in [1.82, 2.24) is 10.2 Å². The van der Waals surface area contributed by atoms with Crippen LogP contribution in [-0.2, 0) is 9.84 Å². The molecule has 0 amide bonds. The summed E-state index contributed by atoms with van der Waals surface area (Å²) >= 11 is 0. The summed E-state index contributed by atoms with van der Waals surface area (Å²) in [5, 5.41) is 3.32. The molecule has 116 valence electrons. The van der Waals surface area contributed by atoms with Crippen LogP contribution in [0.15, 0.2) is 29.2 Å². The van der Waals surface area contributed by atoms with Gasteiger partial charge in [-0.25, -0.2) is 8.42 Å². The Morgan fingerprint density at radius 1 is 1.10 bits per heavy atom. The Balaban J connectivity index is 1.63. The number of benzene rings is 1. The van der Waals surface area contributed by atoms with Gasteiger partial charge in [-0.2, -0.15) is 0 Å². The lowest BCUT2D eigenvalue weighted by molar-refractivity contribution is 0.138. The average molecular weight is 309 g/mol. The van der Waals surface area contributed by atoms with Crippen LogP contribution in [0.2, 0.25) is 0 Å². The van der Waals surface area contributed by atoms with E-state index in [2.05, 4.69) is 15.1 Å². The molecule has 2 fully saturated rings. The van der Waals surface area contributed by atoms with Crippen molar-refractivity contribution in [3.63, 3.8) is 0 Å². The molecule has 1 aromatic carbocycles. The molecule has 2 aliphatic rings. The van der Waals surface area contributed by atoms with Gasteiger partial charge in [0, 0.05) is 51.0 Å². The third-order valence-electron chi connectivity index (χ3n) is 4.53. The predicted octanol–water partition coefficient (Wildman–Crippen LogP) is 0.574. The average Bonchev–Trinajstić information content (AvgIpc) is 2.46. The second kappa shape index (κ2) is 5.94. The number of anilines is 1. The summed E-state index contributed by atoms with van der Waals surface area (Å²) in [7, 11) is -3.10. The number of nitrogens with one attached hydrogen (secondary N) is 1. The summed E-state index contributed by atoms with van der Waals surface area (Å²) in [6, 6.07) is 8.04. The van der Waals surface area contributed by atoms with Gasteiger partial charge in [0.2, 0.25) is 0 Å². The molecule has 5 nitrogen and oxygen atoms in total. The van der Waals surface area contributed by atoms with Gasteiger partial charge in [-0.1, -0.05) is 6.92 Å². The molecule has 1 N–H and O–H groups in total. The number of nitrogens with zero attached hydrogens (tertiary/aromatic N) is 2. The fourth-order valence-corrected chi connectivity index (χ4v) is 3.79. The summed E-state index contributed by atoms with van der Waals surface area (Å²) < 4.78 is 23.6. The maximum atomic E-state index is 11.8. The van der Waals surface area contributed by atoms with Gasteiger partial charge in [0.15, 0.2) is 9.84 Å². The van der Waals surface area contributed by atoms with E-state index in [1.54, 1.807) is 19.1 Å². The third-order valence-corrected chi connectivity index (χ3v) is 6.28. The number of sulfone groups is 1. The lowest BCUT2D eigenvalue weighted by Crippen LogP contribution is -2.61. The van der Waals surface area contributed by atoms with Crippen molar-refractivity contribution in [3.8, 4) is 0 Å². The van der Waals surface area contributed by atoms with Crippen molar-refractivity contribution in [1.29, 1.82) is 0 Å². The Bertz CT molecular complexity index is 573. The first-order valence-corrected chi connectivity index (χ1v) is 9.28. The van der Waals surface area contributed by atoms with E-state index in [1.165, 1.54) is 0 Å². The summed E-state index contributed by atoms with van der Waals surface area (Å²) in [4.78, 5) is 5.31. The molecule has 0 bridgehead atoms. The zero-order chi connectivity index (χ0) is 14.9. The number of rotatable bonds is 4. The highest BCUT2D eigenvalue weighted by Crippen LogP contribution is 2.21. The molecule has 2 saturated heterocycles. The van der Waals surface area contributed by atoms with E-state index in [9.17, 15) is 8.42 Å². The Labute approximate surface area is 126 Å². The van der Waals surface area contributed by atoms with Crippen LogP contribution >= 0.6 is 0 Å². The highest BCUT2D eigenvalue weighted by atomic mass is 32.2. The van der Waals surface area contributed by atoms with E-state index < -0.39 is 9.84 Å². The van der Waals surface area contributed by atoms with Crippen LogP contribution in [0.5, 0.6) is 0 Å². The van der Waals surface area contributed by atoms with Crippen LogP contribution in [0, 0.1) is 0 Å².